The minimum Gasteiger partial charge on any atom is -0.319 e. The van der Waals surface area contributed by atoms with Crippen molar-refractivity contribution in [3.63, 3.8) is 0 Å². The summed E-state index contributed by atoms with van der Waals surface area (Å²) in [6, 6.07) is 8.86. The van der Waals surface area contributed by atoms with Crippen molar-refractivity contribution in [3.8, 4) is 0 Å². The van der Waals surface area contributed by atoms with E-state index in [2.05, 4.69) is 52.6 Å². The van der Waals surface area contributed by atoms with Crippen molar-refractivity contribution in [2.45, 2.75) is 31.6 Å². The first-order chi connectivity index (χ1) is 7.81. The summed E-state index contributed by atoms with van der Waals surface area (Å²) in [6.45, 7) is 1.10. The Hall–Kier alpha value is -0.340. The van der Waals surface area contributed by atoms with Crippen molar-refractivity contribution in [1.82, 2.24) is 5.32 Å². The van der Waals surface area contributed by atoms with Crippen LogP contribution in [0.3, 0.4) is 0 Å². The molecular weight excluding hydrogens is 262 g/mol. The maximum Gasteiger partial charge on any atom is 0.0175 e. The van der Waals surface area contributed by atoms with Crippen LogP contribution in [0.4, 0.5) is 0 Å². The molecule has 1 aromatic carbocycles. The first-order valence-electron chi connectivity index (χ1n) is 6.21. The molecule has 2 rings (SSSR count). The van der Waals surface area contributed by atoms with E-state index >= 15 is 0 Å². The van der Waals surface area contributed by atoms with Gasteiger partial charge in [0.25, 0.3) is 0 Å². The molecule has 1 saturated carbocycles. The zero-order chi connectivity index (χ0) is 11.4. The van der Waals surface area contributed by atoms with Crippen LogP contribution in [0.5, 0.6) is 0 Å². The van der Waals surface area contributed by atoms with E-state index in [9.17, 15) is 0 Å². The summed E-state index contributed by atoms with van der Waals surface area (Å²) in [5.41, 5.74) is 1.49. The van der Waals surface area contributed by atoms with Gasteiger partial charge in [0.1, 0.15) is 0 Å². The lowest BCUT2D eigenvalue weighted by Gasteiger charge is -2.23. The predicted molar refractivity (Wildman–Crippen MR) is 72.8 cm³/mol. The Morgan fingerprint density at radius 2 is 1.88 bits per heavy atom. The number of benzene rings is 1. The average molecular weight is 282 g/mol. The van der Waals surface area contributed by atoms with Gasteiger partial charge in [0.05, 0.1) is 0 Å². The summed E-state index contributed by atoms with van der Waals surface area (Å²) >= 11 is 3.50. The average Bonchev–Trinajstić information content (AvgIpc) is 2.81. The minimum absolute atomic E-state index is 0.695. The number of rotatable bonds is 4. The van der Waals surface area contributed by atoms with Crippen LogP contribution in [0.1, 0.15) is 37.2 Å². The Morgan fingerprint density at radius 3 is 2.44 bits per heavy atom. The standard InChI is InChI=1S/C14H20BrN/c1-16-10-14(11-4-2-3-5-11)12-6-8-13(15)9-7-12/h6-9,11,14,16H,2-5,10H2,1H3. The van der Waals surface area contributed by atoms with Crippen LogP contribution in [0, 0.1) is 5.92 Å². The fourth-order valence-corrected chi connectivity index (χ4v) is 3.11. The molecular formula is C14H20BrN. The lowest BCUT2D eigenvalue weighted by atomic mass is 9.85. The third-order valence-corrected chi connectivity index (χ3v) is 4.22. The summed E-state index contributed by atoms with van der Waals surface area (Å²) < 4.78 is 1.17. The number of halogens is 1. The molecule has 1 aliphatic carbocycles. The van der Waals surface area contributed by atoms with Gasteiger partial charge in [-0.3, -0.25) is 0 Å². The van der Waals surface area contributed by atoms with Gasteiger partial charge >= 0.3 is 0 Å². The Kier molecular flexibility index (Phi) is 4.42. The van der Waals surface area contributed by atoms with E-state index in [0.717, 1.165) is 12.5 Å². The molecule has 1 fully saturated rings. The Labute approximate surface area is 107 Å². The molecule has 1 aromatic rings. The van der Waals surface area contributed by atoms with Crippen molar-refractivity contribution >= 4 is 15.9 Å². The number of nitrogens with one attached hydrogen (secondary N) is 1. The van der Waals surface area contributed by atoms with Gasteiger partial charge in [-0.25, -0.2) is 0 Å². The fraction of sp³-hybridized carbons (Fsp3) is 0.571. The van der Waals surface area contributed by atoms with Gasteiger partial charge in [0.2, 0.25) is 0 Å². The van der Waals surface area contributed by atoms with Crippen LogP contribution in [-0.2, 0) is 0 Å². The summed E-state index contributed by atoms with van der Waals surface area (Å²) in [4.78, 5) is 0. The highest BCUT2D eigenvalue weighted by molar-refractivity contribution is 9.10. The molecule has 0 amide bonds. The monoisotopic (exact) mass is 281 g/mol. The SMILES string of the molecule is CNCC(c1ccc(Br)cc1)C1CCCC1. The molecule has 1 N–H and O–H groups in total. The van der Waals surface area contributed by atoms with Crippen LogP contribution in [0.25, 0.3) is 0 Å². The summed E-state index contributed by atoms with van der Waals surface area (Å²) in [6.07, 6.45) is 5.65. The van der Waals surface area contributed by atoms with Crippen LogP contribution in [0.15, 0.2) is 28.7 Å². The van der Waals surface area contributed by atoms with Crippen LogP contribution < -0.4 is 5.32 Å². The van der Waals surface area contributed by atoms with Crippen molar-refractivity contribution in [1.29, 1.82) is 0 Å². The molecule has 0 spiro atoms. The molecule has 0 bridgehead atoms. The second-order valence-electron chi connectivity index (χ2n) is 4.76. The highest BCUT2D eigenvalue weighted by Gasteiger charge is 2.25. The van der Waals surface area contributed by atoms with E-state index in [1.807, 2.05) is 0 Å². The van der Waals surface area contributed by atoms with Gasteiger partial charge in [-0.1, -0.05) is 40.9 Å². The van der Waals surface area contributed by atoms with Crippen molar-refractivity contribution < 1.29 is 0 Å². The molecule has 2 heteroatoms. The molecule has 1 nitrogen and oxygen atoms in total. The van der Waals surface area contributed by atoms with Gasteiger partial charge in [0, 0.05) is 11.0 Å². The Balaban J connectivity index is 2.14. The zero-order valence-corrected chi connectivity index (χ0v) is 11.5. The first-order valence-corrected chi connectivity index (χ1v) is 7.00. The first kappa shape index (κ1) is 12.1. The normalized spacial score (nSPS) is 18.9. The van der Waals surface area contributed by atoms with E-state index in [1.165, 1.54) is 35.7 Å². The van der Waals surface area contributed by atoms with Crippen LogP contribution >= 0.6 is 15.9 Å². The van der Waals surface area contributed by atoms with Crippen LogP contribution in [0.2, 0.25) is 0 Å². The Bertz CT molecular complexity index is 314. The van der Waals surface area contributed by atoms with E-state index in [-0.39, 0.29) is 0 Å². The van der Waals surface area contributed by atoms with Gasteiger partial charge in [-0.05, 0) is 49.4 Å². The van der Waals surface area contributed by atoms with E-state index < -0.39 is 0 Å². The largest absolute Gasteiger partial charge is 0.319 e. The summed E-state index contributed by atoms with van der Waals surface area (Å²) in [5.74, 6) is 1.58. The molecule has 16 heavy (non-hydrogen) atoms. The van der Waals surface area contributed by atoms with E-state index in [0.29, 0.717) is 5.92 Å². The second kappa shape index (κ2) is 5.83. The van der Waals surface area contributed by atoms with Crippen molar-refractivity contribution in [3.05, 3.63) is 34.3 Å². The predicted octanol–water partition coefficient (Wildman–Crippen LogP) is 3.94. The lowest BCUT2D eigenvalue weighted by Crippen LogP contribution is -2.22. The van der Waals surface area contributed by atoms with Crippen molar-refractivity contribution in [2.75, 3.05) is 13.6 Å². The topological polar surface area (TPSA) is 12.0 Å². The summed E-state index contributed by atoms with van der Waals surface area (Å²) in [7, 11) is 2.06. The molecule has 0 aliphatic heterocycles. The molecule has 88 valence electrons. The second-order valence-corrected chi connectivity index (χ2v) is 5.68. The van der Waals surface area contributed by atoms with E-state index in [4.69, 9.17) is 0 Å². The maximum atomic E-state index is 3.50. The molecule has 1 aliphatic rings. The smallest absolute Gasteiger partial charge is 0.0175 e. The molecule has 0 saturated heterocycles. The fourth-order valence-electron chi connectivity index (χ4n) is 2.85. The van der Waals surface area contributed by atoms with Gasteiger partial charge in [-0.15, -0.1) is 0 Å². The number of hydrogen-bond donors (Lipinski definition) is 1. The molecule has 1 atom stereocenters. The highest BCUT2D eigenvalue weighted by Crippen LogP contribution is 2.37. The Morgan fingerprint density at radius 1 is 1.25 bits per heavy atom. The number of hydrogen-bond acceptors (Lipinski definition) is 1. The lowest BCUT2D eigenvalue weighted by molar-refractivity contribution is 0.421. The van der Waals surface area contributed by atoms with E-state index in [1.54, 1.807) is 0 Å². The summed E-state index contributed by atoms with van der Waals surface area (Å²) in [5, 5.41) is 3.35. The third-order valence-electron chi connectivity index (χ3n) is 3.69. The molecule has 0 aromatic heterocycles. The molecule has 1 unspecified atom stereocenters. The molecule has 0 radical (unpaired) electrons. The highest BCUT2D eigenvalue weighted by atomic mass is 79.9. The third kappa shape index (κ3) is 2.86. The zero-order valence-electron chi connectivity index (χ0n) is 9.88. The minimum atomic E-state index is 0.695. The van der Waals surface area contributed by atoms with Crippen molar-refractivity contribution in [2.24, 2.45) is 5.92 Å². The maximum absolute atomic E-state index is 3.50. The molecule has 0 heterocycles. The van der Waals surface area contributed by atoms with Gasteiger partial charge in [-0.2, -0.15) is 0 Å². The van der Waals surface area contributed by atoms with Gasteiger partial charge < -0.3 is 5.32 Å². The van der Waals surface area contributed by atoms with Crippen LogP contribution in [-0.4, -0.2) is 13.6 Å². The number of likely N-dealkylation sites (N-methyl/N-ethyl adjacent to an activating group) is 1. The van der Waals surface area contributed by atoms with Gasteiger partial charge in [0.15, 0.2) is 0 Å². The quantitative estimate of drug-likeness (QED) is 0.882.